The predicted octanol–water partition coefficient (Wildman–Crippen LogP) is 3.54. The number of carbonyl (C=O) groups is 1. The van der Waals surface area contributed by atoms with Crippen LogP contribution in [0.3, 0.4) is 0 Å². The van der Waals surface area contributed by atoms with E-state index in [4.69, 9.17) is 5.73 Å². The number of fused-ring (bicyclic) bond motifs is 2. The summed E-state index contributed by atoms with van der Waals surface area (Å²) in [5.41, 5.74) is 7.08. The first-order chi connectivity index (χ1) is 9.54. The molecule has 1 aromatic carbocycles. The van der Waals surface area contributed by atoms with Gasteiger partial charge in [0.05, 0.1) is 5.56 Å². The number of halogens is 1. The van der Waals surface area contributed by atoms with E-state index in [-0.39, 0.29) is 5.91 Å². The van der Waals surface area contributed by atoms with Crippen molar-refractivity contribution in [2.24, 2.45) is 17.8 Å². The number of hydrogen-bond acceptors (Lipinski definition) is 2. The van der Waals surface area contributed by atoms with E-state index in [0.717, 1.165) is 22.9 Å². The number of hydrogen-bond donors (Lipinski definition) is 1. The molecule has 2 bridgehead atoms. The van der Waals surface area contributed by atoms with Crippen molar-refractivity contribution < 1.29 is 4.79 Å². The highest BCUT2D eigenvalue weighted by Gasteiger charge is 2.40. The van der Waals surface area contributed by atoms with Crippen LogP contribution >= 0.6 is 15.9 Å². The Morgan fingerprint density at radius 3 is 2.85 bits per heavy atom. The smallest absolute Gasteiger partial charge is 0.255 e. The van der Waals surface area contributed by atoms with Gasteiger partial charge in [0.25, 0.3) is 5.91 Å². The van der Waals surface area contributed by atoms with Gasteiger partial charge in [-0.3, -0.25) is 4.79 Å². The van der Waals surface area contributed by atoms with Crippen LogP contribution in [0.5, 0.6) is 0 Å². The lowest BCUT2D eigenvalue weighted by Crippen LogP contribution is -2.34. The number of nitrogens with zero attached hydrogens (tertiary/aromatic N) is 1. The van der Waals surface area contributed by atoms with Crippen molar-refractivity contribution in [3.8, 4) is 0 Å². The molecule has 2 saturated carbocycles. The third kappa shape index (κ3) is 2.58. The summed E-state index contributed by atoms with van der Waals surface area (Å²) in [7, 11) is 1.90. The van der Waals surface area contributed by atoms with Crippen LogP contribution in [-0.4, -0.2) is 24.4 Å². The zero-order valence-corrected chi connectivity index (χ0v) is 13.4. The van der Waals surface area contributed by atoms with Crippen LogP contribution in [0.2, 0.25) is 0 Å². The first-order valence-corrected chi connectivity index (χ1v) is 8.14. The quantitative estimate of drug-likeness (QED) is 0.858. The molecular formula is C16H21BrN2O. The zero-order chi connectivity index (χ0) is 14.3. The fourth-order valence-electron chi connectivity index (χ4n) is 3.95. The lowest BCUT2D eigenvalue weighted by atomic mass is 9.88. The SMILES string of the molecule is CN(CC1CC2CCC1C2)C(=O)c1cc(Br)ccc1N. The van der Waals surface area contributed by atoms with E-state index in [1.165, 1.54) is 25.7 Å². The second-order valence-corrected chi connectivity index (χ2v) is 7.27. The number of nitrogen functional groups attached to an aromatic ring is 1. The minimum absolute atomic E-state index is 0.0339. The van der Waals surface area contributed by atoms with Crippen LogP contribution in [0.25, 0.3) is 0 Å². The topological polar surface area (TPSA) is 46.3 Å². The second kappa shape index (κ2) is 5.40. The molecule has 0 spiro atoms. The van der Waals surface area contributed by atoms with Crippen LogP contribution in [0.4, 0.5) is 5.69 Å². The van der Waals surface area contributed by atoms with E-state index < -0.39 is 0 Å². The van der Waals surface area contributed by atoms with Gasteiger partial charge >= 0.3 is 0 Å². The minimum atomic E-state index is 0.0339. The fraction of sp³-hybridized carbons (Fsp3) is 0.562. The molecule has 1 amide bonds. The van der Waals surface area contributed by atoms with E-state index in [1.54, 1.807) is 6.07 Å². The summed E-state index contributed by atoms with van der Waals surface area (Å²) in [6, 6.07) is 5.46. The van der Waals surface area contributed by atoms with Crippen LogP contribution < -0.4 is 5.73 Å². The molecule has 3 unspecified atom stereocenters. The molecule has 0 saturated heterocycles. The molecule has 0 aromatic heterocycles. The van der Waals surface area contributed by atoms with Crippen molar-refractivity contribution in [2.75, 3.05) is 19.3 Å². The Morgan fingerprint density at radius 2 is 2.20 bits per heavy atom. The summed E-state index contributed by atoms with van der Waals surface area (Å²) in [4.78, 5) is 14.4. The van der Waals surface area contributed by atoms with E-state index in [9.17, 15) is 4.79 Å². The Kier molecular flexibility index (Phi) is 3.76. The van der Waals surface area contributed by atoms with Crippen molar-refractivity contribution in [3.05, 3.63) is 28.2 Å². The Morgan fingerprint density at radius 1 is 1.40 bits per heavy atom. The van der Waals surface area contributed by atoms with Crippen molar-refractivity contribution in [1.29, 1.82) is 0 Å². The number of amides is 1. The fourth-order valence-corrected chi connectivity index (χ4v) is 4.32. The largest absolute Gasteiger partial charge is 0.398 e. The van der Waals surface area contributed by atoms with Gasteiger partial charge in [0, 0.05) is 23.8 Å². The number of nitrogens with two attached hydrogens (primary N) is 1. The van der Waals surface area contributed by atoms with Crippen molar-refractivity contribution >= 4 is 27.5 Å². The molecule has 3 atom stereocenters. The van der Waals surface area contributed by atoms with Gasteiger partial charge in [-0.1, -0.05) is 22.4 Å². The maximum atomic E-state index is 12.5. The third-order valence-corrected chi connectivity index (χ3v) is 5.48. The highest BCUT2D eigenvalue weighted by Crippen LogP contribution is 2.48. The molecule has 3 rings (SSSR count). The summed E-state index contributed by atoms with van der Waals surface area (Å²) in [5.74, 6) is 2.49. The summed E-state index contributed by atoms with van der Waals surface area (Å²) in [6.07, 6.45) is 5.44. The Bertz CT molecular complexity index is 531. The first-order valence-electron chi connectivity index (χ1n) is 7.35. The van der Waals surface area contributed by atoms with E-state index >= 15 is 0 Å². The summed E-state index contributed by atoms with van der Waals surface area (Å²) in [5, 5.41) is 0. The Labute approximate surface area is 128 Å². The summed E-state index contributed by atoms with van der Waals surface area (Å²) < 4.78 is 0.892. The van der Waals surface area contributed by atoms with Gasteiger partial charge in [-0.25, -0.2) is 0 Å². The molecule has 108 valence electrons. The highest BCUT2D eigenvalue weighted by atomic mass is 79.9. The maximum absolute atomic E-state index is 12.5. The molecule has 2 fully saturated rings. The molecule has 4 heteroatoms. The lowest BCUT2D eigenvalue weighted by molar-refractivity contribution is 0.0755. The van der Waals surface area contributed by atoms with E-state index in [2.05, 4.69) is 15.9 Å². The molecule has 0 heterocycles. The van der Waals surface area contributed by atoms with Gasteiger partial charge in [0.15, 0.2) is 0 Å². The molecule has 1 aromatic rings. The summed E-state index contributed by atoms with van der Waals surface area (Å²) in [6.45, 7) is 0.867. The van der Waals surface area contributed by atoms with Gasteiger partial charge in [-0.15, -0.1) is 0 Å². The van der Waals surface area contributed by atoms with E-state index in [1.807, 2.05) is 24.1 Å². The van der Waals surface area contributed by atoms with Crippen LogP contribution in [-0.2, 0) is 0 Å². The first kappa shape index (κ1) is 13.9. The predicted molar refractivity (Wildman–Crippen MR) is 84.5 cm³/mol. The second-order valence-electron chi connectivity index (χ2n) is 6.35. The van der Waals surface area contributed by atoms with Crippen LogP contribution in [0.15, 0.2) is 22.7 Å². The third-order valence-electron chi connectivity index (χ3n) is 4.99. The molecular weight excluding hydrogens is 316 g/mol. The van der Waals surface area contributed by atoms with Crippen molar-refractivity contribution in [2.45, 2.75) is 25.7 Å². The molecule has 20 heavy (non-hydrogen) atoms. The standard InChI is InChI=1S/C16H21BrN2O/c1-19(9-12-7-10-2-3-11(12)6-10)16(20)14-8-13(17)4-5-15(14)18/h4-5,8,10-12H,2-3,6-7,9,18H2,1H3. The Hall–Kier alpha value is -1.03. The van der Waals surface area contributed by atoms with Gasteiger partial charge in [0.2, 0.25) is 0 Å². The number of carbonyl (C=O) groups excluding carboxylic acids is 1. The number of anilines is 1. The molecule has 0 aliphatic heterocycles. The summed E-state index contributed by atoms with van der Waals surface area (Å²) >= 11 is 3.40. The van der Waals surface area contributed by atoms with Crippen LogP contribution in [0.1, 0.15) is 36.0 Å². The average Bonchev–Trinajstić information content (AvgIpc) is 3.03. The average molecular weight is 337 g/mol. The highest BCUT2D eigenvalue weighted by molar-refractivity contribution is 9.10. The minimum Gasteiger partial charge on any atom is -0.398 e. The van der Waals surface area contributed by atoms with Crippen LogP contribution in [0, 0.1) is 17.8 Å². The van der Waals surface area contributed by atoms with Crippen molar-refractivity contribution in [1.82, 2.24) is 4.90 Å². The monoisotopic (exact) mass is 336 g/mol. The maximum Gasteiger partial charge on any atom is 0.255 e. The van der Waals surface area contributed by atoms with Gasteiger partial charge in [0.1, 0.15) is 0 Å². The molecule has 2 aliphatic rings. The van der Waals surface area contributed by atoms with Gasteiger partial charge in [-0.05, 0) is 55.2 Å². The lowest BCUT2D eigenvalue weighted by Gasteiger charge is -2.27. The molecule has 2 N–H and O–H groups in total. The Balaban J connectivity index is 1.69. The van der Waals surface area contributed by atoms with Gasteiger partial charge in [-0.2, -0.15) is 0 Å². The van der Waals surface area contributed by atoms with Gasteiger partial charge < -0.3 is 10.6 Å². The van der Waals surface area contributed by atoms with E-state index in [0.29, 0.717) is 17.2 Å². The molecule has 3 nitrogen and oxygen atoms in total. The number of rotatable bonds is 3. The normalized spacial score (nSPS) is 27.8. The number of benzene rings is 1. The zero-order valence-electron chi connectivity index (χ0n) is 11.8. The molecule has 2 aliphatic carbocycles. The molecule has 0 radical (unpaired) electrons. The van der Waals surface area contributed by atoms with Crippen molar-refractivity contribution in [3.63, 3.8) is 0 Å².